The van der Waals surface area contributed by atoms with Crippen molar-refractivity contribution >= 4 is 5.91 Å². The highest BCUT2D eigenvalue weighted by molar-refractivity contribution is 5.78. The maximum absolute atomic E-state index is 13.3. The maximum Gasteiger partial charge on any atom is 0.226 e. The Hall–Kier alpha value is -2.95. The Morgan fingerprint density at radius 2 is 1.85 bits per heavy atom. The number of halogens is 1. The maximum atomic E-state index is 13.3. The Labute approximate surface area is 158 Å². The summed E-state index contributed by atoms with van der Waals surface area (Å²) in [7, 11) is 0. The van der Waals surface area contributed by atoms with Crippen LogP contribution in [0, 0.1) is 5.82 Å². The second kappa shape index (κ2) is 7.74. The van der Waals surface area contributed by atoms with E-state index in [2.05, 4.69) is 11.3 Å². The van der Waals surface area contributed by atoms with Crippen LogP contribution < -0.4 is 0 Å². The van der Waals surface area contributed by atoms with E-state index in [0.717, 1.165) is 37.2 Å². The quantitative estimate of drug-likeness (QED) is 0.704. The lowest BCUT2D eigenvalue weighted by molar-refractivity contribution is -0.131. The molecule has 0 bridgehead atoms. The molecule has 4 rings (SSSR count). The van der Waals surface area contributed by atoms with Crippen molar-refractivity contribution in [3.8, 4) is 5.69 Å². The lowest BCUT2D eigenvalue weighted by atomic mass is 9.91. The molecule has 2 heterocycles. The Bertz CT molecular complexity index is 914. The van der Waals surface area contributed by atoms with Crippen LogP contribution in [0.2, 0.25) is 0 Å². The van der Waals surface area contributed by atoms with Gasteiger partial charge in [-0.15, -0.1) is 0 Å². The minimum atomic E-state index is -0.297. The summed E-state index contributed by atoms with van der Waals surface area (Å²) < 4.78 is 15.2. The SMILES string of the molecule is O=C(Cc1cccc(F)c1)N1CCC(c2cnn(-c3ccccc3)c2)CC1. The van der Waals surface area contributed by atoms with Gasteiger partial charge >= 0.3 is 0 Å². The fourth-order valence-electron chi connectivity index (χ4n) is 3.67. The first-order valence-electron chi connectivity index (χ1n) is 9.31. The van der Waals surface area contributed by atoms with Crippen molar-refractivity contribution in [2.75, 3.05) is 13.1 Å². The Balaban J connectivity index is 1.35. The Morgan fingerprint density at radius 1 is 1.07 bits per heavy atom. The van der Waals surface area contributed by atoms with E-state index in [-0.39, 0.29) is 18.1 Å². The smallest absolute Gasteiger partial charge is 0.226 e. The van der Waals surface area contributed by atoms with E-state index in [4.69, 9.17) is 0 Å². The Kier molecular flexibility index (Phi) is 5.01. The number of nitrogens with zero attached hydrogens (tertiary/aromatic N) is 3. The molecular weight excluding hydrogens is 341 g/mol. The van der Waals surface area contributed by atoms with Gasteiger partial charge in [0.25, 0.3) is 0 Å². The second-order valence-electron chi connectivity index (χ2n) is 7.02. The number of likely N-dealkylation sites (tertiary alicyclic amines) is 1. The molecule has 1 fully saturated rings. The summed E-state index contributed by atoms with van der Waals surface area (Å²) in [6.45, 7) is 1.46. The van der Waals surface area contributed by atoms with E-state index < -0.39 is 0 Å². The van der Waals surface area contributed by atoms with Gasteiger partial charge in [-0.1, -0.05) is 30.3 Å². The van der Waals surface area contributed by atoms with Gasteiger partial charge in [-0.3, -0.25) is 4.79 Å². The number of piperidine rings is 1. The van der Waals surface area contributed by atoms with Crippen LogP contribution in [0.5, 0.6) is 0 Å². The molecule has 138 valence electrons. The van der Waals surface area contributed by atoms with Gasteiger partial charge in [0.05, 0.1) is 18.3 Å². The summed E-state index contributed by atoms with van der Waals surface area (Å²) in [6, 6.07) is 16.3. The van der Waals surface area contributed by atoms with Crippen LogP contribution in [-0.2, 0) is 11.2 Å². The Morgan fingerprint density at radius 3 is 2.59 bits per heavy atom. The van der Waals surface area contributed by atoms with Gasteiger partial charge < -0.3 is 4.90 Å². The molecule has 1 aliphatic rings. The van der Waals surface area contributed by atoms with Crippen molar-refractivity contribution in [2.45, 2.75) is 25.2 Å². The van der Waals surface area contributed by atoms with Crippen molar-refractivity contribution in [1.82, 2.24) is 14.7 Å². The molecule has 0 unspecified atom stereocenters. The van der Waals surface area contributed by atoms with Crippen LogP contribution in [0.3, 0.4) is 0 Å². The summed E-state index contributed by atoms with van der Waals surface area (Å²) in [5, 5.41) is 4.48. The largest absolute Gasteiger partial charge is 0.342 e. The molecule has 1 amide bonds. The van der Waals surface area contributed by atoms with Crippen LogP contribution in [0.4, 0.5) is 4.39 Å². The van der Waals surface area contributed by atoms with Crippen LogP contribution in [0.15, 0.2) is 67.0 Å². The van der Waals surface area contributed by atoms with Crippen molar-refractivity contribution in [1.29, 1.82) is 0 Å². The third-order valence-electron chi connectivity index (χ3n) is 5.19. The monoisotopic (exact) mass is 363 g/mol. The van der Waals surface area contributed by atoms with Crippen molar-refractivity contribution < 1.29 is 9.18 Å². The zero-order valence-corrected chi connectivity index (χ0v) is 15.1. The molecule has 0 aliphatic carbocycles. The average molecular weight is 363 g/mol. The summed E-state index contributed by atoms with van der Waals surface area (Å²) in [5.74, 6) is 0.189. The lowest BCUT2D eigenvalue weighted by Gasteiger charge is -2.31. The molecule has 2 aromatic carbocycles. The average Bonchev–Trinajstić information content (AvgIpc) is 3.19. The number of hydrogen-bond acceptors (Lipinski definition) is 2. The van der Waals surface area contributed by atoms with Crippen LogP contribution >= 0.6 is 0 Å². The van der Waals surface area contributed by atoms with Gasteiger partial charge in [0.2, 0.25) is 5.91 Å². The van der Waals surface area contributed by atoms with Crippen LogP contribution in [0.25, 0.3) is 5.69 Å². The van der Waals surface area contributed by atoms with Crippen molar-refractivity contribution in [3.05, 3.63) is 83.9 Å². The van der Waals surface area contributed by atoms with Crippen molar-refractivity contribution in [3.63, 3.8) is 0 Å². The third-order valence-corrected chi connectivity index (χ3v) is 5.19. The van der Waals surface area contributed by atoms with Crippen LogP contribution in [0.1, 0.15) is 29.9 Å². The number of rotatable bonds is 4. The fourth-order valence-corrected chi connectivity index (χ4v) is 3.67. The van der Waals surface area contributed by atoms with E-state index in [1.807, 2.05) is 46.1 Å². The molecule has 1 aromatic heterocycles. The summed E-state index contributed by atoms with van der Waals surface area (Å²) >= 11 is 0. The second-order valence-corrected chi connectivity index (χ2v) is 7.02. The highest BCUT2D eigenvalue weighted by Gasteiger charge is 2.24. The zero-order valence-electron chi connectivity index (χ0n) is 15.1. The van der Waals surface area contributed by atoms with E-state index in [9.17, 15) is 9.18 Å². The molecule has 1 aliphatic heterocycles. The third kappa shape index (κ3) is 4.08. The molecule has 27 heavy (non-hydrogen) atoms. The number of hydrogen-bond donors (Lipinski definition) is 0. The highest BCUT2D eigenvalue weighted by atomic mass is 19.1. The summed E-state index contributed by atoms with van der Waals surface area (Å²) in [5.41, 5.74) is 2.99. The molecule has 0 atom stereocenters. The zero-order chi connectivity index (χ0) is 18.6. The van der Waals surface area contributed by atoms with E-state index in [1.54, 1.807) is 12.1 Å². The molecule has 0 N–H and O–H groups in total. The summed E-state index contributed by atoms with van der Waals surface area (Å²) in [6.07, 6.45) is 6.13. The fraction of sp³-hybridized carbons (Fsp3) is 0.273. The predicted molar refractivity (Wildman–Crippen MR) is 102 cm³/mol. The van der Waals surface area contributed by atoms with Gasteiger partial charge in [-0.05, 0) is 54.2 Å². The normalized spacial score (nSPS) is 15.1. The number of amides is 1. The van der Waals surface area contributed by atoms with E-state index >= 15 is 0 Å². The van der Waals surface area contributed by atoms with Gasteiger partial charge in [0.1, 0.15) is 5.82 Å². The van der Waals surface area contributed by atoms with Gasteiger partial charge in [0.15, 0.2) is 0 Å². The molecule has 4 nitrogen and oxygen atoms in total. The van der Waals surface area contributed by atoms with Gasteiger partial charge in [-0.2, -0.15) is 5.10 Å². The molecule has 3 aromatic rings. The molecule has 0 saturated carbocycles. The molecule has 0 spiro atoms. The standard InChI is InChI=1S/C22H22FN3O/c23-20-6-4-5-17(13-20)14-22(27)25-11-9-18(10-12-25)19-15-24-26(16-19)21-7-2-1-3-8-21/h1-8,13,15-16,18H,9-12,14H2. The number of carbonyl (C=O) groups excluding carboxylic acids is 1. The minimum absolute atomic E-state index is 0.0685. The lowest BCUT2D eigenvalue weighted by Crippen LogP contribution is -2.38. The first-order valence-corrected chi connectivity index (χ1v) is 9.31. The number of aromatic nitrogens is 2. The van der Waals surface area contributed by atoms with Gasteiger partial charge in [-0.25, -0.2) is 9.07 Å². The van der Waals surface area contributed by atoms with E-state index in [0.29, 0.717) is 5.92 Å². The molecule has 0 radical (unpaired) electrons. The number of para-hydroxylation sites is 1. The first kappa shape index (κ1) is 17.5. The van der Waals surface area contributed by atoms with Crippen molar-refractivity contribution in [2.24, 2.45) is 0 Å². The predicted octanol–water partition coefficient (Wildman–Crippen LogP) is 3.96. The first-order chi connectivity index (χ1) is 13.2. The summed E-state index contributed by atoms with van der Waals surface area (Å²) in [4.78, 5) is 14.4. The number of carbonyl (C=O) groups is 1. The minimum Gasteiger partial charge on any atom is -0.342 e. The van der Waals surface area contributed by atoms with Crippen LogP contribution in [-0.4, -0.2) is 33.7 Å². The topological polar surface area (TPSA) is 38.1 Å². The number of benzene rings is 2. The highest BCUT2D eigenvalue weighted by Crippen LogP contribution is 2.28. The molecular formula is C22H22FN3O. The molecule has 5 heteroatoms. The van der Waals surface area contributed by atoms with E-state index in [1.165, 1.54) is 17.7 Å². The van der Waals surface area contributed by atoms with Gasteiger partial charge in [0, 0.05) is 19.3 Å². The molecule has 1 saturated heterocycles.